The number of fused-ring (bicyclic) bond motifs is 1. The molecular weight excluding hydrogens is 373 g/mol. The first-order chi connectivity index (χ1) is 13.3. The Morgan fingerprint density at radius 1 is 1.18 bits per heavy atom. The highest BCUT2D eigenvalue weighted by Crippen LogP contribution is 2.30. The molecule has 0 radical (unpaired) electrons. The fourth-order valence-corrected chi connectivity index (χ4v) is 2.73. The Morgan fingerprint density at radius 3 is 2.71 bits per heavy atom. The molecule has 3 heterocycles. The molecule has 0 fully saturated rings. The second-order valence-corrected chi connectivity index (χ2v) is 6.08. The van der Waals surface area contributed by atoms with E-state index in [9.17, 15) is 18.0 Å². The van der Waals surface area contributed by atoms with E-state index in [-0.39, 0.29) is 22.4 Å². The first-order valence-electron chi connectivity index (χ1n) is 8.17. The molecule has 10 heteroatoms. The Morgan fingerprint density at radius 2 is 1.96 bits per heavy atom. The van der Waals surface area contributed by atoms with Gasteiger partial charge < -0.3 is 5.32 Å². The molecule has 4 rings (SSSR count). The van der Waals surface area contributed by atoms with Crippen LogP contribution in [0.3, 0.4) is 0 Å². The summed E-state index contributed by atoms with van der Waals surface area (Å²) in [5, 5.41) is 13.3. The van der Waals surface area contributed by atoms with Gasteiger partial charge in [0, 0.05) is 6.20 Å². The van der Waals surface area contributed by atoms with E-state index >= 15 is 0 Å². The molecule has 0 bridgehead atoms. The maximum atomic E-state index is 12.7. The molecule has 1 aromatic carbocycles. The number of hydrogen-bond acceptors (Lipinski definition) is 4. The smallest absolute Gasteiger partial charge is 0.304 e. The molecule has 28 heavy (non-hydrogen) atoms. The number of pyridine rings is 1. The third-order valence-electron chi connectivity index (χ3n) is 4.15. The molecule has 0 spiro atoms. The van der Waals surface area contributed by atoms with Gasteiger partial charge in [-0.25, -0.2) is 9.67 Å². The Hall–Kier alpha value is -3.69. The van der Waals surface area contributed by atoms with E-state index in [1.165, 1.54) is 12.3 Å². The number of nitrogens with one attached hydrogen (secondary N) is 2. The quantitative estimate of drug-likeness (QED) is 0.562. The van der Waals surface area contributed by atoms with Crippen LogP contribution in [0.1, 0.15) is 21.6 Å². The highest BCUT2D eigenvalue weighted by atomic mass is 19.4. The van der Waals surface area contributed by atoms with Crippen molar-refractivity contribution in [3.8, 4) is 5.69 Å². The van der Waals surface area contributed by atoms with Gasteiger partial charge >= 0.3 is 6.18 Å². The second kappa shape index (κ2) is 6.48. The zero-order chi connectivity index (χ0) is 19.9. The van der Waals surface area contributed by atoms with Crippen LogP contribution in [0, 0.1) is 6.92 Å². The number of hydrogen-bond donors (Lipinski definition) is 2. The van der Waals surface area contributed by atoms with Crippen LogP contribution in [0.15, 0.2) is 48.8 Å². The van der Waals surface area contributed by atoms with Gasteiger partial charge in [0.15, 0.2) is 11.5 Å². The molecule has 0 saturated carbocycles. The number of carbonyl (C=O) groups excluding carboxylic acids is 1. The fourth-order valence-electron chi connectivity index (χ4n) is 2.73. The van der Waals surface area contributed by atoms with Crippen LogP contribution in [0.2, 0.25) is 0 Å². The number of benzene rings is 1. The van der Waals surface area contributed by atoms with Crippen molar-refractivity contribution in [2.75, 3.05) is 5.32 Å². The van der Waals surface area contributed by atoms with Crippen molar-refractivity contribution in [3.63, 3.8) is 0 Å². The molecule has 0 aliphatic carbocycles. The number of alkyl halides is 3. The number of nitrogens with zero attached hydrogens (tertiary/aromatic N) is 4. The van der Waals surface area contributed by atoms with Crippen LogP contribution in [0.4, 0.5) is 19.0 Å². The Balaban J connectivity index is 1.58. The van der Waals surface area contributed by atoms with E-state index in [1.807, 2.05) is 31.2 Å². The van der Waals surface area contributed by atoms with Gasteiger partial charge in [-0.15, -0.1) is 0 Å². The summed E-state index contributed by atoms with van der Waals surface area (Å²) in [5.74, 6) is -0.405. The van der Waals surface area contributed by atoms with Crippen molar-refractivity contribution >= 4 is 22.8 Å². The van der Waals surface area contributed by atoms with Crippen LogP contribution in [-0.2, 0) is 6.18 Å². The molecule has 142 valence electrons. The number of aryl methyl sites for hydroxylation is 1. The zero-order valence-corrected chi connectivity index (χ0v) is 14.4. The molecule has 0 aliphatic rings. The molecule has 2 N–H and O–H groups in total. The van der Waals surface area contributed by atoms with E-state index in [2.05, 4.69) is 25.6 Å². The third-order valence-corrected chi connectivity index (χ3v) is 4.15. The molecule has 0 atom stereocenters. The number of aromatic nitrogens is 5. The van der Waals surface area contributed by atoms with Crippen LogP contribution in [0.25, 0.3) is 16.7 Å². The SMILES string of the molecule is Cc1ccccc1-n1cc(C(=O)Nc2n[nH]c3nc(C(F)(F)F)ccc23)cn1. The van der Waals surface area contributed by atoms with Crippen molar-refractivity contribution in [2.45, 2.75) is 13.1 Å². The largest absolute Gasteiger partial charge is 0.433 e. The molecule has 3 aromatic heterocycles. The van der Waals surface area contributed by atoms with E-state index in [0.717, 1.165) is 17.3 Å². The minimum absolute atomic E-state index is 0.0688. The molecular formula is C18H13F3N6O. The molecule has 7 nitrogen and oxygen atoms in total. The maximum Gasteiger partial charge on any atom is 0.433 e. The molecule has 0 saturated heterocycles. The molecule has 4 aromatic rings. The highest BCUT2D eigenvalue weighted by Gasteiger charge is 2.33. The number of rotatable bonds is 3. The number of para-hydroxylation sites is 1. The maximum absolute atomic E-state index is 12.7. The van der Waals surface area contributed by atoms with Crippen LogP contribution in [-0.4, -0.2) is 30.9 Å². The number of aromatic amines is 1. The highest BCUT2D eigenvalue weighted by molar-refractivity contribution is 6.07. The number of amides is 1. The lowest BCUT2D eigenvalue weighted by atomic mass is 10.2. The average Bonchev–Trinajstić information content (AvgIpc) is 3.29. The number of H-pyrrole nitrogens is 1. The van der Waals surface area contributed by atoms with Crippen molar-refractivity contribution in [2.24, 2.45) is 0 Å². The summed E-state index contributed by atoms with van der Waals surface area (Å²) in [6, 6.07) is 9.60. The van der Waals surface area contributed by atoms with Gasteiger partial charge in [0.05, 0.1) is 22.8 Å². The summed E-state index contributed by atoms with van der Waals surface area (Å²) in [5.41, 5.74) is 0.985. The van der Waals surface area contributed by atoms with Gasteiger partial charge in [-0.1, -0.05) is 18.2 Å². The lowest BCUT2D eigenvalue weighted by Crippen LogP contribution is -2.12. The number of anilines is 1. The summed E-state index contributed by atoms with van der Waals surface area (Å²) >= 11 is 0. The van der Waals surface area contributed by atoms with Crippen LogP contribution >= 0.6 is 0 Å². The lowest BCUT2D eigenvalue weighted by molar-refractivity contribution is -0.141. The predicted octanol–water partition coefficient (Wildman–Crippen LogP) is 3.72. The molecule has 0 aliphatic heterocycles. The fraction of sp³-hybridized carbons (Fsp3) is 0.111. The van der Waals surface area contributed by atoms with Crippen molar-refractivity contribution in [1.29, 1.82) is 0 Å². The average molecular weight is 386 g/mol. The summed E-state index contributed by atoms with van der Waals surface area (Å²) < 4.78 is 39.8. The normalized spacial score (nSPS) is 11.7. The van der Waals surface area contributed by atoms with E-state index < -0.39 is 17.8 Å². The Kier molecular flexibility index (Phi) is 4.10. The first-order valence-corrected chi connectivity index (χ1v) is 8.17. The van der Waals surface area contributed by atoms with Gasteiger partial charge in [0.25, 0.3) is 5.91 Å². The predicted molar refractivity (Wildman–Crippen MR) is 95.1 cm³/mol. The topological polar surface area (TPSA) is 88.5 Å². The summed E-state index contributed by atoms with van der Waals surface area (Å²) in [6.45, 7) is 1.93. The van der Waals surface area contributed by atoms with Crippen molar-refractivity contribution < 1.29 is 18.0 Å². The van der Waals surface area contributed by atoms with Crippen molar-refractivity contribution in [3.05, 3.63) is 65.6 Å². The number of halogens is 3. The van der Waals surface area contributed by atoms with Crippen LogP contribution < -0.4 is 5.32 Å². The third kappa shape index (κ3) is 3.20. The second-order valence-electron chi connectivity index (χ2n) is 6.08. The standard InChI is InChI=1S/C18H13F3N6O/c1-10-4-2-3-5-13(10)27-9-11(8-22-27)17(28)24-16-12-6-7-14(18(19,20)21)23-15(12)25-26-16/h2-9H,1H3,(H2,23,24,25,26,28). The summed E-state index contributed by atoms with van der Waals surface area (Å²) in [4.78, 5) is 16.0. The van der Waals surface area contributed by atoms with Crippen molar-refractivity contribution in [1.82, 2.24) is 25.0 Å². The first kappa shape index (κ1) is 17.7. The molecule has 0 unspecified atom stereocenters. The van der Waals surface area contributed by atoms with Gasteiger partial charge in [-0.05, 0) is 30.7 Å². The zero-order valence-electron chi connectivity index (χ0n) is 14.4. The minimum atomic E-state index is -4.56. The van der Waals surface area contributed by atoms with Gasteiger partial charge in [-0.2, -0.15) is 23.4 Å². The monoisotopic (exact) mass is 386 g/mol. The van der Waals surface area contributed by atoms with Gasteiger partial charge in [0.1, 0.15) is 5.69 Å². The van der Waals surface area contributed by atoms with E-state index in [4.69, 9.17) is 0 Å². The lowest BCUT2D eigenvalue weighted by Gasteiger charge is -2.05. The van der Waals surface area contributed by atoms with Gasteiger partial charge in [-0.3, -0.25) is 9.89 Å². The summed E-state index contributed by atoms with van der Waals surface area (Å²) in [7, 11) is 0. The minimum Gasteiger partial charge on any atom is -0.304 e. The molecule has 1 amide bonds. The Labute approximate surface area is 156 Å². The number of carbonyl (C=O) groups is 1. The Bertz CT molecular complexity index is 1180. The van der Waals surface area contributed by atoms with Gasteiger partial charge in [0.2, 0.25) is 0 Å². The van der Waals surface area contributed by atoms with E-state index in [1.54, 1.807) is 10.9 Å². The van der Waals surface area contributed by atoms with E-state index in [0.29, 0.717) is 0 Å². The van der Waals surface area contributed by atoms with Crippen LogP contribution in [0.5, 0.6) is 0 Å². The summed E-state index contributed by atoms with van der Waals surface area (Å²) in [6.07, 6.45) is -1.60.